The fraction of sp³-hybridized carbons (Fsp3) is 0.167. The summed E-state index contributed by atoms with van der Waals surface area (Å²) in [5.41, 5.74) is 0.782. The summed E-state index contributed by atoms with van der Waals surface area (Å²) in [5, 5.41) is 10.1. The molecule has 0 aliphatic carbocycles. The summed E-state index contributed by atoms with van der Waals surface area (Å²) >= 11 is 0. The lowest BCUT2D eigenvalue weighted by Crippen LogP contribution is -2.10. The van der Waals surface area contributed by atoms with Gasteiger partial charge in [-0.25, -0.2) is 4.79 Å². The van der Waals surface area contributed by atoms with Crippen molar-refractivity contribution in [2.24, 2.45) is 0 Å². The molecule has 1 heterocycles. The van der Waals surface area contributed by atoms with Crippen LogP contribution in [0.4, 0.5) is 11.6 Å². The molecule has 98 valence electrons. The summed E-state index contributed by atoms with van der Waals surface area (Å²) < 4.78 is 4.87. The van der Waals surface area contributed by atoms with Gasteiger partial charge in [0.05, 0.1) is 12.2 Å². The van der Waals surface area contributed by atoms with Crippen molar-refractivity contribution in [1.82, 2.24) is 15.2 Å². The Labute approximate surface area is 108 Å². The molecule has 0 aliphatic heterocycles. The fourth-order valence-corrected chi connectivity index (χ4v) is 1.41. The second-order valence-electron chi connectivity index (χ2n) is 3.61. The van der Waals surface area contributed by atoms with Crippen LogP contribution in [-0.4, -0.2) is 27.8 Å². The maximum atomic E-state index is 11.4. The first-order valence-corrected chi connectivity index (χ1v) is 5.65. The van der Waals surface area contributed by atoms with Crippen LogP contribution in [0.25, 0.3) is 0 Å². The van der Waals surface area contributed by atoms with Crippen molar-refractivity contribution < 1.29 is 9.53 Å². The molecule has 0 saturated heterocycles. The van der Waals surface area contributed by atoms with E-state index in [-0.39, 0.29) is 17.5 Å². The fourth-order valence-electron chi connectivity index (χ4n) is 1.41. The van der Waals surface area contributed by atoms with Gasteiger partial charge < -0.3 is 10.1 Å². The van der Waals surface area contributed by atoms with Gasteiger partial charge in [-0.1, -0.05) is 0 Å². The third-order valence-electron chi connectivity index (χ3n) is 2.23. The summed E-state index contributed by atoms with van der Waals surface area (Å²) in [7, 11) is 0. The van der Waals surface area contributed by atoms with Crippen molar-refractivity contribution in [2.45, 2.75) is 6.92 Å². The van der Waals surface area contributed by atoms with Gasteiger partial charge >= 0.3 is 5.97 Å². The first-order valence-electron chi connectivity index (χ1n) is 5.65. The minimum Gasteiger partial charge on any atom is -0.462 e. The molecule has 1 aromatic carbocycles. The van der Waals surface area contributed by atoms with E-state index in [2.05, 4.69) is 20.5 Å². The highest BCUT2D eigenvalue weighted by Crippen LogP contribution is 2.13. The van der Waals surface area contributed by atoms with Crippen molar-refractivity contribution in [3.63, 3.8) is 0 Å². The Hall–Kier alpha value is -2.70. The van der Waals surface area contributed by atoms with Gasteiger partial charge in [0.25, 0.3) is 5.56 Å². The number of ether oxygens (including phenoxy) is 1. The number of H-pyrrole nitrogens is 1. The number of carbonyl (C=O) groups excluding carboxylic acids is 1. The minimum absolute atomic E-state index is 0.233. The molecule has 0 fully saturated rings. The number of benzene rings is 1. The lowest BCUT2D eigenvalue weighted by atomic mass is 10.2. The van der Waals surface area contributed by atoms with Crippen LogP contribution in [0.15, 0.2) is 35.3 Å². The third kappa shape index (κ3) is 3.38. The number of aromatic nitrogens is 3. The van der Waals surface area contributed by atoms with Crippen molar-refractivity contribution >= 4 is 17.6 Å². The Morgan fingerprint density at radius 1 is 1.37 bits per heavy atom. The van der Waals surface area contributed by atoms with E-state index in [1.807, 2.05) is 0 Å². The number of aromatic amines is 1. The van der Waals surface area contributed by atoms with E-state index in [9.17, 15) is 9.59 Å². The summed E-state index contributed by atoms with van der Waals surface area (Å²) in [6.45, 7) is 2.08. The number of hydrogen-bond acceptors (Lipinski definition) is 6. The molecule has 2 N–H and O–H groups in total. The maximum Gasteiger partial charge on any atom is 0.338 e. The van der Waals surface area contributed by atoms with E-state index in [4.69, 9.17) is 4.74 Å². The van der Waals surface area contributed by atoms with Gasteiger partial charge in [0.2, 0.25) is 5.95 Å². The quantitative estimate of drug-likeness (QED) is 0.798. The lowest BCUT2D eigenvalue weighted by molar-refractivity contribution is 0.0526. The predicted molar refractivity (Wildman–Crippen MR) is 68.3 cm³/mol. The predicted octanol–water partition coefficient (Wildman–Crippen LogP) is 1.09. The minimum atomic E-state index is -0.373. The highest BCUT2D eigenvalue weighted by atomic mass is 16.5. The second-order valence-corrected chi connectivity index (χ2v) is 3.61. The first-order chi connectivity index (χ1) is 9.19. The van der Waals surface area contributed by atoms with Crippen LogP contribution >= 0.6 is 0 Å². The summed E-state index contributed by atoms with van der Waals surface area (Å²) in [4.78, 5) is 25.0. The summed E-state index contributed by atoms with van der Waals surface area (Å²) in [6.07, 6.45) is 1.08. The van der Waals surface area contributed by atoms with Gasteiger partial charge in [-0.15, -0.1) is 10.2 Å². The molecule has 0 spiro atoms. The Morgan fingerprint density at radius 2 is 2.11 bits per heavy atom. The summed E-state index contributed by atoms with van der Waals surface area (Å²) in [5.74, 6) is -0.140. The Kier molecular flexibility index (Phi) is 3.87. The molecule has 0 atom stereocenters. The van der Waals surface area contributed by atoms with E-state index >= 15 is 0 Å². The molecule has 2 rings (SSSR count). The number of esters is 1. The monoisotopic (exact) mass is 260 g/mol. The van der Waals surface area contributed by atoms with E-state index < -0.39 is 0 Å². The molecule has 7 heteroatoms. The van der Waals surface area contributed by atoms with E-state index in [1.165, 1.54) is 0 Å². The smallest absolute Gasteiger partial charge is 0.338 e. The van der Waals surface area contributed by atoms with Crippen molar-refractivity contribution in [1.29, 1.82) is 0 Å². The summed E-state index contributed by atoms with van der Waals surface area (Å²) in [6, 6.07) is 6.60. The molecule has 19 heavy (non-hydrogen) atoms. The first kappa shape index (κ1) is 12.7. The van der Waals surface area contributed by atoms with Gasteiger partial charge in [-0.3, -0.25) is 9.78 Å². The molecule has 0 aliphatic rings. The molecule has 1 aromatic heterocycles. The SMILES string of the molecule is CCOC(=O)c1ccc(Nc2nncc(=O)[nH]2)cc1. The average Bonchev–Trinajstić information content (AvgIpc) is 2.40. The van der Waals surface area contributed by atoms with E-state index in [0.29, 0.717) is 17.9 Å². The van der Waals surface area contributed by atoms with Crippen LogP contribution in [0.3, 0.4) is 0 Å². The van der Waals surface area contributed by atoms with Gasteiger partial charge in [-0.2, -0.15) is 0 Å². The highest BCUT2D eigenvalue weighted by molar-refractivity contribution is 5.89. The van der Waals surface area contributed by atoms with Gasteiger partial charge in [0.15, 0.2) is 0 Å². The molecule has 7 nitrogen and oxygen atoms in total. The Morgan fingerprint density at radius 3 is 2.74 bits per heavy atom. The second kappa shape index (κ2) is 5.76. The topological polar surface area (TPSA) is 97.0 Å². The van der Waals surface area contributed by atoms with Crippen molar-refractivity contribution in [2.75, 3.05) is 11.9 Å². The molecule has 0 unspecified atom stereocenters. The third-order valence-corrected chi connectivity index (χ3v) is 2.23. The number of nitrogens with zero attached hydrogens (tertiary/aromatic N) is 2. The van der Waals surface area contributed by atoms with Crippen LogP contribution in [0.1, 0.15) is 17.3 Å². The van der Waals surface area contributed by atoms with Crippen LogP contribution in [0.5, 0.6) is 0 Å². The average molecular weight is 260 g/mol. The van der Waals surface area contributed by atoms with Gasteiger partial charge in [0.1, 0.15) is 6.20 Å². The largest absolute Gasteiger partial charge is 0.462 e. The zero-order chi connectivity index (χ0) is 13.7. The molecule has 0 bridgehead atoms. The van der Waals surface area contributed by atoms with Gasteiger partial charge in [-0.05, 0) is 31.2 Å². The Bertz CT molecular complexity index is 621. The standard InChI is InChI=1S/C12H12N4O3/c1-2-19-11(18)8-3-5-9(6-4-8)14-12-15-10(17)7-13-16-12/h3-7H,2H2,1H3,(H2,14,15,16,17). The van der Waals surface area contributed by atoms with Crippen LogP contribution in [-0.2, 0) is 4.74 Å². The molecular formula is C12H12N4O3. The normalized spacial score (nSPS) is 9.95. The molecule has 0 saturated carbocycles. The maximum absolute atomic E-state index is 11.4. The lowest BCUT2D eigenvalue weighted by Gasteiger charge is -2.05. The number of nitrogens with one attached hydrogen (secondary N) is 2. The zero-order valence-electron chi connectivity index (χ0n) is 10.2. The van der Waals surface area contributed by atoms with Crippen LogP contribution in [0.2, 0.25) is 0 Å². The van der Waals surface area contributed by atoms with E-state index in [0.717, 1.165) is 6.20 Å². The number of hydrogen-bond donors (Lipinski definition) is 2. The molecule has 0 radical (unpaired) electrons. The Balaban J connectivity index is 2.11. The molecule has 0 amide bonds. The van der Waals surface area contributed by atoms with Crippen molar-refractivity contribution in [3.8, 4) is 0 Å². The van der Waals surface area contributed by atoms with E-state index in [1.54, 1.807) is 31.2 Å². The number of anilines is 2. The van der Waals surface area contributed by atoms with Crippen molar-refractivity contribution in [3.05, 3.63) is 46.4 Å². The zero-order valence-corrected chi connectivity index (χ0v) is 10.2. The number of carbonyl (C=O) groups is 1. The molecular weight excluding hydrogens is 248 g/mol. The number of rotatable bonds is 4. The van der Waals surface area contributed by atoms with Crippen LogP contribution < -0.4 is 10.9 Å². The highest BCUT2D eigenvalue weighted by Gasteiger charge is 2.05. The molecule has 2 aromatic rings. The van der Waals surface area contributed by atoms with Gasteiger partial charge in [0, 0.05) is 5.69 Å². The van der Waals surface area contributed by atoms with Crippen LogP contribution in [0, 0.1) is 0 Å².